The first-order valence-electron chi connectivity index (χ1n) is 6.38. The van der Waals surface area contributed by atoms with Crippen LogP contribution in [0.2, 0.25) is 0 Å². The first-order valence-corrected chi connectivity index (χ1v) is 6.38. The Morgan fingerprint density at radius 2 is 2.20 bits per heavy atom. The lowest BCUT2D eigenvalue weighted by atomic mass is 10.1. The van der Waals surface area contributed by atoms with Gasteiger partial charge in [-0.05, 0) is 24.5 Å². The molecular weight excluding hydrogens is 273 g/mol. The number of hydrogen-bond donors (Lipinski definition) is 0. The molecule has 0 N–H and O–H groups in total. The zero-order chi connectivity index (χ0) is 14.6. The molecule has 110 valence electrons. The molecule has 1 fully saturated rings. The lowest BCUT2D eigenvalue weighted by molar-refractivity contribution is -0.146. The number of rotatable bonds is 4. The third-order valence-electron chi connectivity index (χ3n) is 3.06. The number of esters is 1. The van der Waals surface area contributed by atoms with Crippen molar-refractivity contribution in [3.8, 4) is 0 Å². The summed E-state index contributed by atoms with van der Waals surface area (Å²) in [7, 11) is 0. The van der Waals surface area contributed by atoms with Gasteiger partial charge in [0, 0.05) is 6.61 Å². The van der Waals surface area contributed by atoms with Gasteiger partial charge in [0.05, 0.1) is 18.1 Å². The molecule has 0 saturated carbocycles. The van der Waals surface area contributed by atoms with Crippen molar-refractivity contribution in [3.63, 3.8) is 0 Å². The fourth-order valence-electron chi connectivity index (χ4n) is 2.04. The standard InChI is InChI=1S/C14H15F3O3/c15-14(16,17)11-4-1-3-10(7-11)8-13(18)20-9-12-5-2-6-19-12/h1,3-4,7,12H,2,5-6,8-9H2. The average Bonchev–Trinajstić information content (AvgIpc) is 2.89. The second-order valence-corrected chi connectivity index (χ2v) is 4.69. The quantitative estimate of drug-likeness (QED) is 0.799. The van der Waals surface area contributed by atoms with Crippen LogP contribution in [0.3, 0.4) is 0 Å². The van der Waals surface area contributed by atoms with E-state index >= 15 is 0 Å². The van der Waals surface area contributed by atoms with Crippen molar-refractivity contribution in [2.24, 2.45) is 0 Å². The van der Waals surface area contributed by atoms with Gasteiger partial charge in [-0.2, -0.15) is 13.2 Å². The largest absolute Gasteiger partial charge is 0.463 e. The molecule has 1 atom stereocenters. The molecule has 1 heterocycles. The molecule has 0 radical (unpaired) electrons. The molecular formula is C14H15F3O3. The van der Waals surface area contributed by atoms with Crippen LogP contribution in [0.4, 0.5) is 13.2 Å². The van der Waals surface area contributed by atoms with E-state index in [1.807, 2.05) is 0 Å². The number of benzene rings is 1. The maximum atomic E-state index is 12.5. The second-order valence-electron chi connectivity index (χ2n) is 4.69. The van der Waals surface area contributed by atoms with Gasteiger partial charge in [-0.15, -0.1) is 0 Å². The lowest BCUT2D eigenvalue weighted by Gasteiger charge is -2.11. The lowest BCUT2D eigenvalue weighted by Crippen LogP contribution is -2.19. The minimum Gasteiger partial charge on any atom is -0.463 e. The Morgan fingerprint density at radius 3 is 2.85 bits per heavy atom. The van der Waals surface area contributed by atoms with Crippen LogP contribution in [0.1, 0.15) is 24.0 Å². The number of ether oxygens (including phenoxy) is 2. The zero-order valence-corrected chi connectivity index (χ0v) is 10.8. The van der Waals surface area contributed by atoms with Gasteiger partial charge in [0.1, 0.15) is 6.61 Å². The van der Waals surface area contributed by atoms with Crippen molar-refractivity contribution in [2.75, 3.05) is 13.2 Å². The first kappa shape index (κ1) is 14.8. The van der Waals surface area contributed by atoms with Gasteiger partial charge in [-0.25, -0.2) is 0 Å². The van der Waals surface area contributed by atoms with Gasteiger partial charge >= 0.3 is 12.1 Å². The molecule has 0 bridgehead atoms. The molecule has 3 nitrogen and oxygen atoms in total. The predicted octanol–water partition coefficient (Wildman–Crippen LogP) is 2.97. The van der Waals surface area contributed by atoms with E-state index in [1.54, 1.807) is 0 Å². The summed E-state index contributed by atoms with van der Waals surface area (Å²) in [6.45, 7) is 0.827. The Morgan fingerprint density at radius 1 is 1.40 bits per heavy atom. The van der Waals surface area contributed by atoms with E-state index in [9.17, 15) is 18.0 Å². The summed E-state index contributed by atoms with van der Waals surface area (Å²) in [5.41, 5.74) is -0.473. The third kappa shape index (κ3) is 4.23. The van der Waals surface area contributed by atoms with Gasteiger partial charge in [0.15, 0.2) is 0 Å². The van der Waals surface area contributed by atoms with Crippen LogP contribution in [0.25, 0.3) is 0 Å². The molecule has 6 heteroatoms. The molecule has 20 heavy (non-hydrogen) atoms. The summed E-state index contributed by atoms with van der Waals surface area (Å²) in [4.78, 5) is 11.6. The summed E-state index contributed by atoms with van der Waals surface area (Å²) in [6, 6.07) is 4.70. The van der Waals surface area contributed by atoms with Crippen molar-refractivity contribution >= 4 is 5.97 Å². The van der Waals surface area contributed by atoms with Gasteiger partial charge in [0.25, 0.3) is 0 Å². The second kappa shape index (κ2) is 6.26. The highest BCUT2D eigenvalue weighted by molar-refractivity contribution is 5.72. The van der Waals surface area contributed by atoms with Crippen LogP contribution < -0.4 is 0 Å². The van der Waals surface area contributed by atoms with Crippen LogP contribution in [0.15, 0.2) is 24.3 Å². The van der Waals surface area contributed by atoms with Crippen LogP contribution >= 0.6 is 0 Å². The smallest absolute Gasteiger partial charge is 0.416 e. The molecule has 1 aromatic carbocycles. The SMILES string of the molecule is O=C(Cc1cccc(C(F)(F)F)c1)OCC1CCCO1. The number of hydrogen-bond acceptors (Lipinski definition) is 3. The molecule has 1 aliphatic rings. The maximum absolute atomic E-state index is 12.5. The monoisotopic (exact) mass is 288 g/mol. The van der Waals surface area contributed by atoms with Crippen molar-refractivity contribution in [1.82, 2.24) is 0 Å². The van der Waals surface area contributed by atoms with Crippen molar-refractivity contribution < 1.29 is 27.4 Å². The molecule has 1 aliphatic heterocycles. The highest BCUT2D eigenvalue weighted by Crippen LogP contribution is 2.29. The molecule has 0 aliphatic carbocycles. The Hall–Kier alpha value is -1.56. The van der Waals surface area contributed by atoms with E-state index in [0.29, 0.717) is 6.61 Å². The van der Waals surface area contributed by atoms with E-state index in [4.69, 9.17) is 9.47 Å². The fraction of sp³-hybridized carbons (Fsp3) is 0.500. The van der Waals surface area contributed by atoms with Crippen molar-refractivity contribution in [2.45, 2.75) is 31.5 Å². The van der Waals surface area contributed by atoms with Crippen LogP contribution in [-0.2, 0) is 26.9 Å². The normalized spacial score (nSPS) is 19.1. The van der Waals surface area contributed by atoms with Gasteiger partial charge in [0.2, 0.25) is 0 Å². The van der Waals surface area contributed by atoms with Crippen molar-refractivity contribution in [3.05, 3.63) is 35.4 Å². The molecule has 0 amide bonds. The predicted molar refractivity (Wildman–Crippen MR) is 65.1 cm³/mol. The Bertz CT molecular complexity index is 465. The number of carbonyl (C=O) groups is 1. The molecule has 1 aromatic rings. The minimum atomic E-state index is -4.41. The van der Waals surface area contributed by atoms with E-state index in [1.165, 1.54) is 12.1 Å². The summed E-state index contributed by atoms with van der Waals surface area (Å²) in [5.74, 6) is -0.542. The van der Waals surface area contributed by atoms with E-state index < -0.39 is 17.7 Å². The molecule has 1 unspecified atom stereocenters. The number of halogens is 3. The minimum absolute atomic E-state index is 0.0829. The highest BCUT2D eigenvalue weighted by Gasteiger charge is 2.30. The van der Waals surface area contributed by atoms with Crippen LogP contribution in [0, 0.1) is 0 Å². The van der Waals surface area contributed by atoms with E-state index in [-0.39, 0.29) is 24.7 Å². The molecule has 0 spiro atoms. The molecule has 1 saturated heterocycles. The highest BCUT2D eigenvalue weighted by atomic mass is 19.4. The first-order chi connectivity index (χ1) is 9.45. The average molecular weight is 288 g/mol. The summed E-state index contributed by atoms with van der Waals surface area (Å²) >= 11 is 0. The number of alkyl halides is 3. The van der Waals surface area contributed by atoms with E-state index in [0.717, 1.165) is 25.0 Å². The summed E-state index contributed by atoms with van der Waals surface area (Å²) < 4.78 is 47.9. The Balaban J connectivity index is 1.87. The van der Waals surface area contributed by atoms with Gasteiger partial charge in [-0.3, -0.25) is 4.79 Å². The topological polar surface area (TPSA) is 35.5 Å². The van der Waals surface area contributed by atoms with Crippen molar-refractivity contribution in [1.29, 1.82) is 0 Å². The fourth-order valence-corrected chi connectivity index (χ4v) is 2.04. The Kier molecular flexibility index (Phi) is 4.65. The van der Waals surface area contributed by atoms with Crippen LogP contribution in [-0.4, -0.2) is 25.3 Å². The third-order valence-corrected chi connectivity index (χ3v) is 3.06. The number of carbonyl (C=O) groups excluding carboxylic acids is 1. The van der Waals surface area contributed by atoms with Gasteiger partial charge < -0.3 is 9.47 Å². The molecule has 2 rings (SSSR count). The van der Waals surface area contributed by atoms with Crippen LogP contribution in [0.5, 0.6) is 0 Å². The van der Waals surface area contributed by atoms with E-state index in [2.05, 4.69) is 0 Å². The zero-order valence-electron chi connectivity index (χ0n) is 10.8. The molecule has 0 aromatic heterocycles. The maximum Gasteiger partial charge on any atom is 0.416 e. The summed E-state index contributed by atoms with van der Waals surface area (Å²) in [5, 5.41) is 0. The summed E-state index contributed by atoms with van der Waals surface area (Å²) in [6.07, 6.45) is -2.87. The van der Waals surface area contributed by atoms with Gasteiger partial charge in [-0.1, -0.05) is 18.2 Å². The Labute approximate surface area is 114 Å².